The molecule has 0 radical (unpaired) electrons. The first kappa shape index (κ1) is 13.9. The highest BCUT2D eigenvalue weighted by molar-refractivity contribution is 5.82. The van der Waals surface area contributed by atoms with Crippen LogP contribution < -0.4 is 5.32 Å². The van der Waals surface area contributed by atoms with Gasteiger partial charge in [0.05, 0.1) is 19.6 Å². The van der Waals surface area contributed by atoms with Crippen LogP contribution in [0.25, 0.3) is 0 Å². The largest absolute Gasteiger partial charge is 0.378 e. The number of carbonyl (C=O) groups is 1. The van der Waals surface area contributed by atoms with Gasteiger partial charge in [-0.2, -0.15) is 0 Å². The molecule has 5 nitrogen and oxygen atoms in total. The van der Waals surface area contributed by atoms with Crippen LogP contribution in [-0.2, 0) is 19.0 Å². The average molecular weight is 257 g/mol. The first-order chi connectivity index (χ1) is 8.56. The second-order valence-electron chi connectivity index (χ2n) is 5.45. The zero-order valence-electron chi connectivity index (χ0n) is 11.4. The molecule has 0 saturated carbocycles. The zero-order chi connectivity index (χ0) is 13.2. The molecule has 2 aliphatic rings. The van der Waals surface area contributed by atoms with Crippen molar-refractivity contribution in [3.05, 3.63) is 0 Å². The Hall–Kier alpha value is -0.490. The molecular weight excluding hydrogens is 234 g/mol. The van der Waals surface area contributed by atoms with Gasteiger partial charge in [-0.15, -0.1) is 0 Å². The van der Waals surface area contributed by atoms with Crippen molar-refractivity contribution in [1.82, 2.24) is 5.32 Å². The van der Waals surface area contributed by atoms with Crippen molar-refractivity contribution < 1.29 is 19.0 Å². The molecule has 2 bridgehead atoms. The van der Waals surface area contributed by atoms with Gasteiger partial charge < -0.3 is 19.5 Å². The van der Waals surface area contributed by atoms with Gasteiger partial charge in [-0.1, -0.05) is 0 Å². The third-order valence-electron chi connectivity index (χ3n) is 4.06. The fourth-order valence-electron chi connectivity index (χ4n) is 2.79. The Labute approximate surface area is 108 Å². The van der Waals surface area contributed by atoms with E-state index in [-0.39, 0.29) is 11.7 Å². The van der Waals surface area contributed by atoms with Crippen LogP contribution in [0.2, 0.25) is 0 Å². The maximum absolute atomic E-state index is 12.3. The van der Waals surface area contributed by atoms with Crippen molar-refractivity contribution in [1.29, 1.82) is 0 Å². The fourth-order valence-corrected chi connectivity index (χ4v) is 2.79. The van der Waals surface area contributed by atoms with Crippen LogP contribution in [0.1, 0.15) is 26.2 Å². The lowest BCUT2D eigenvalue weighted by atomic mass is 9.82. The Bertz CT molecular complexity index is 291. The SMILES string of the molecule is COC(C)(CC(=O)C1CC2COCC(C1)N2)OC. The Kier molecular flexibility index (Phi) is 4.37. The third-order valence-corrected chi connectivity index (χ3v) is 4.06. The number of carbonyl (C=O) groups excluding carboxylic acids is 1. The Morgan fingerprint density at radius 3 is 2.33 bits per heavy atom. The summed E-state index contributed by atoms with van der Waals surface area (Å²) in [5.41, 5.74) is 0. The molecule has 104 valence electrons. The van der Waals surface area contributed by atoms with Gasteiger partial charge in [-0.25, -0.2) is 0 Å². The van der Waals surface area contributed by atoms with Gasteiger partial charge in [0.15, 0.2) is 5.79 Å². The van der Waals surface area contributed by atoms with Crippen molar-refractivity contribution in [2.24, 2.45) is 5.92 Å². The fraction of sp³-hybridized carbons (Fsp3) is 0.923. The highest BCUT2D eigenvalue weighted by atomic mass is 16.7. The predicted molar refractivity (Wildman–Crippen MR) is 66.3 cm³/mol. The van der Waals surface area contributed by atoms with E-state index in [1.807, 2.05) is 0 Å². The van der Waals surface area contributed by atoms with E-state index in [2.05, 4.69) is 5.32 Å². The van der Waals surface area contributed by atoms with Crippen molar-refractivity contribution >= 4 is 5.78 Å². The number of rotatable bonds is 5. The van der Waals surface area contributed by atoms with Gasteiger partial charge in [-0.05, 0) is 19.8 Å². The van der Waals surface area contributed by atoms with Crippen LogP contribution in [0.15, 0.2) is 0 Å². The van der Waals surface area contributed by atoms with E-state index in [0.717, 1.165) is 12.8 Å². The maximum Gasteiger partial charge on any atom is 0.171 e. The molecule has 0 spiro atoms. The summed E-state index contributed by atoms with van der Waals surface area (Å²) in [7, 11) is 3.14. The van der Waals surface area contributed by atoms with Gasteiger partial charge in [0.2, 0.25) is 0 Å². The number of morpholine rings is 1. The second kappa shape index (κ2) is 5.65. The minimum absolute atomic E-state index is 0.106. The molecule has 1 N–H and O–H groups in total. The first-order valence-corrected chi connectivity index (χ1v) is 6.53. The van der Waals surface area contributed by atoms with Gasteiger partial charge >= 0.3 is 0 Å². The van der Waals surface area contributed by atoms with Crippen LogP contribution in [0.5, 0.6) is 0 Å². The zero-order valence-corrected chi connectivity index (χ0v) is 11.4. The Morgan fingerprint density at radius 1 is 1.28 bits per heavy atom. The lowest BCUT2D eigenvalue weighted by molar-refractivity contribution is -0.199. The van der Waals surface area contributed by atoms with E-state index in [1.54, 1.807) is 21.1 Å². The highest BCUT2D eigenvalue weighted by Gasteiger charge is 2.37. The number of hydrogen-bond donors (Lipinski definition) is 1. The van der Waals surface area contributed by atoms with E-state index < -0.39 is 5.79 Å². The quantitative estimate of drug-likeness (QED) is 0.736. The van der Waals surface area contributed by atoms with E-state index in [1.165, 1.54) is 0 Å². The Morgan fingerprint density at radius 2 is 1.83 bits per heavy atom. The summed E-state index contributed by atoms with van der Waals surface area (Å²) in [6, 6.07) is 0.644. The molecule has 18 heavy (non-hydrogen) atoms. The average Bonchev–Trinajstić information content (AvgIpc) is 2.38. The van der Waals surface area contributed by atoms with Crippen LogP contribution in [0.4, 0.5) is 0 Å². The summed E-state index contributed by atoms with van der Waals surface area (Å²) in [5.74, 6) is -0.456. The smallest absolute Gasteiger partial charge is 0.171 e. The molecule has 2 fully saturated rings. The molecule has 2 atom stereocenters. The van der Waals surface area contributed by atoms with E-state index >= 15 is 0 Å². The molecule has 0 aliphatic carbocycles. The molecule has 2 aliphatic heterocycles. The molecule has 5 heteroatoms. The summed E-state index contributed by atoms with van der Waals surface area (Å²) in [5, 5.41) is 3.49. The number of methoxy groups -OCH3 is 2. The normalized spacial score (nSPS) is 32.3. The summed E-state index contributed by atoms with van der Waals surface area (Å²) in [4.78, 5) is 12.3. The second-order valence-corrected chi connectivity index (χ2v) is 5.45. The number of piperidine rings is 1. The number of hydrogen-bond acceptors (Lipinski definition) is 5. The Balaban J connectivity index is 1.93. The van der Waals surface area contributed by atoms with E-state index in [4.69, 9.17) is 14.2 Å². The lowest BCUT2D eigenvalue weighted by Crippen LogP contribution is -2.55. The van der Waals surface area contributed by atoms with Gasteiger partial charge in [0.25, 0.3) is 0 Å². The van der Waals surface area contributed by atoms with Gasteiger partial charge in [0.1, 0.15) is 5.78 Å². The van der Waals surface area contributed by atoms with E-state index in [0.29, 0.717) is 31.7 Å². The van der Waals surface area contributed by atoms with Gasteiger partial charge in [0, 0.05) is 32.2 Å². The van der Waals surface area contributed by atoms with Gasteiger partial charge in [-0.3, -0.25) is 4.79 Å². The molecule has 2 rings (SSSR count). The van der Waals surface area contributed by atoms with Crippen LogP contribution in [0.3, 0.4) is 0 Å². The molecular formula is C13H23NO4. The first-order valence-electron chi connectivity index (χ1n) is 6.53. The lowest BCUT2D eigenvalue weighted by Gasteiger charge is -2.40. The van der Waals surface area contributed by atoms with Crippen molar-refractivity contribution in [3.63, 3.8) is 0 Å². The topological polar surface area (TPSA) is 56.8 Å². The van der Waals surface area contributed by atoms with Crippen LogP contribution >= 0.6 is 0 Å². The molecule has 2 heterocycles. The van der Waals surface area contributed by atoms with Crippen molar-refractivity contribution in [2.75, 3.05) is 27.4 Å². The van der Waals surface area contributed by atoms with Crippen molar-refractivity contribution in [2.45, 2.75) is 44.1 Å². The summed E-state index contributed by atoms with van der Waals surface area (Å²) in [6.45, 7) is 3.23. The summed E-state index contributed by atoms with van der Waals surface area (Å²) < 4.78 is 16.0. The molecule has 0 aromatic rings. The molecule has 2 saturated heterocycles. The monoisotopic (exact) mass is 257 g/mol. The van der Waals surface area contributed by atoms with Crippen molar-refractivity contribution in [3.8, 4) is 0 Å². The molecule has 0 amide bonds. The number of Topliss-reactive ketones (excluding diaryl/α,β-unsaturated/α-hetero) is 1. The standard InChI is InChI=1S/C13H23NO4/c1-13(16-2,17-3)6-12(15)9-4-10-7-18-8-11(5-9)14-10/h9-11,14H,4-8H2,1-3H3. The minimum atomic E-state index is -0.798. The molecule has 0 aromatic heterocycles. The third kappa shape index (κ3) is 3.09. The van der Waals surface area contributed by atoms with Crippen LogP contribution in [-0.4, -0.2) is 51.1 Å². The summed E-state index contributed by atoms with van der Waals surface area (Å²) in [6.07, 6.45) is 2.03. The molecule has 2 unspecified atom stereocenters. The number of nitrogens with one attached hydrogen (secondary N) is 1. The number of ketones is 1. The highest BCUT2D eigenvalue weighted by Crippen LogP contribution is 2.28. The predicted octanol–water partition coefficient (Wildman–Crippen LogP) is 0.722. The van der Waals surface area contributed by atoms with Crippen LogP contribution in [0, 0.1) is 5.92 Å². The number of ether oxygens (including phenoxy) is 3. The minimum Gasteiger partial charge on any atom is -0.378 e. The number of fused-ring (bicyclic) bond motifs is 2. The maximum atomic E-state index is 12.3. The summed E-state index contributed by atoms with van der Waals surface area (Å²) >= 11 is 0. The molecule has 0 aromatic carbocycles. The van der Waals surface area contributed by atoms with E-state index in [9.17, 15) is 4.79 Å².